The van der Waals surface area contributed by atoms with E-state index in [-0.39, 0.29) is 37.0 Å². The number of imide groups is 1. The van der Waals surface area contributed by atoms with Gasteiger partial charge in [-0.3, -0.25) is 19.2 Å². The highest BCUT2D eigenvalue weighted by molar-refractivity contribution is 7.92. The molecule has 3 heterocycles. The minimum Gasteiger partial charge on any atom is -0.306 e. The van der Waals surface area contributed by atoms with E-state index in [0.717, 1.165) is 21.8 Å². The van der Waals surface area contributed by atoms with Crippen LogP contribution in [0.25, 0.3) is 16.9 Å². The van der Waals surface area contributed by atoms with Gasteiger partial charge in [0.15, 0.2) is 0 Å². The lowest BCUT2D eigenvalue weighted by molar-refractivity contribution is -0.147. The van der Waals surface area contributed by atoms with Crippen molar-refractivity contribution in [3.63, 3.8) is 0 Å². The van der Waals surface area contributed by atoms with E-state index >= 15 is 0 Å². The molecule has 3 aromatic rings. The molecule has 150 valence electrons. The van der Waals surface area contributed by atoms with E-state index < -0.39 is 10.0 Å². The Morgan fingerprint density at radius 2 is 1.83 bits per heavy atom. The first kappa shape index (κ1) is 19.1. The predicted octanol–water partition coefficient (Wildman–Crippen LogP) is 2.28. The van der Waals surface area contributed by atoms with Crippen LogP contribution in [-0.4, -0.2) is 46.8 Å². The molecule has 2 aromatic heterocycles. The maximum Gasteiger partial charge on any atom is 0.234 e. The monoisotopic (exact) mass is 412 g/mol. The molecule has 0 aliphatic carbocycles. The van der Waals surface area contributed by atoms with Crippen LogP contribution in [-0.2, 0) is 19.6 Å². The molecule has 0 saturated carbocycles. The summed E-state index contributed by atoms with van der Waals surface area (Å²) in [6, 6.07) is 12.6. The third kappa shape index (κ3) is 4.29. The number of carbonyl (C=O) groups excluding carboxylic acids is 2. The minimum atomic E-state index is -3.73. The standard InChI is InChI=1S/C20H20N4O4S/c25-19-8-4-9-20(26)24(19)11-12-29(27,28)22-16-6-3-5-15(13-16)17-14-23-10-2-1-7-18(23)21-17/h1-3,5-7,10,13-14,22H,4,8-9,11-12H2. The lowest BCUT2D eigenvalue weighted by Gasteiger charge is -2.24. The highest BCUT2D eigenvalue weighted by Crippen LogP contribution is 2.23. The first-order valence-electron chi connectivity index (χ1n) is 9.29. The van der Waals surface area contributed by atoms with Gasteiger partial charge in [0.05, 0.1) is 11.4 Å². The molecule has 1 N–H and O–H groups in total. The van der Waals surface area contributed by atoms with Crippen LogP contribution in [0.5, 0.6) is 0 Å². The van der Waals surface area contributed by atoms with Gasteiger partial charge in [-0.05, 0) is 30.7 Å². The molecular formula is C20H20N4O4S. The number of carbonyl (C=O) groups is 2. The molecule has 1 aliphatic heterocycles. The first-order chi connectivity index (χ1) is 13.9. The van der Waals surface area contributed by atoms with E-state index in [4.69, 9.17) is 0 Å². The summed E-state index contributed by atoms with van der Waals surface area (Å²) in [4.78, 5) is 29.2. The number of aromatic nitrogens is 2. The Morgan fingerprint density at radius 3 is 2.59 bits per heavy atom. The number of hydrogen-bond donors (Lipinski definition) is 1. The number of imidazole rings is 1. The second-order valence-corrected chi connectivity index (χ2v) is 8.73. The van der Waals surface area contributed by atoms with Crippen molar-refractivity contribution < 1.29 is 18.0 Å². The molecule has 29 heavy (non-hydrogen) atoms. The molecule has 9 heteroatoms. The molecule has 0 bridgehead atoms. The number of fused-ring (bicyclic) bond motifs is 1. The third-order valence-corrected chi connectivity index (χ3v) is 6.03. The molecule has 8 nitrogen and oxygen atoms in total. The molecule has 1 saturated heterocycles. The molecule has 0 spiro atoms. The van der Waals surface area contributed by atoms with Crippen LogP contribution in [0.1, 0.15) is 19.3 Å². The Kier molecular flexibility index (Phi) is 5.06. The van der Waals surface area contributed by atoms with Crippen molar-refractivity contribution in [2.45, 2.75) is 19.3 Å². The number of likely N-dealkylation sites (tertiary alicyclic amines) is 1. The van der Waals surface area contributed by atoms with E-state index in [2.05, 4.69) is 9.71 Å². The summed E-state index contributed by atoms with van der Waals surface area (Å²) in [6.07, 6.45) is 4.84. The van der Waals surface area contributed by atoms with Gasteiger partial charge in [0, 0.05) is 43.0 Å². The average molecular weight is 412 g/mol. The van der Waals surface area contributed by atoms with E-state index in [1.54, 1.807) is 18.2 Å². The predicted molar refractivity (Wildman–Crippen MR) is 109 cm³/mol. The van der Waals surface area contributed by atoms with Crippen LogP contribution in [0, 0.1) is 0 Å². The maximum absolute atomic E-state index is 12.5. The summed E-state index contributed by atoms with van der Waals surface area (Å²) >= 11 is 0. The number of benzene rings is 1. The number of nitrogens with zero attached hydrogens (tertiary/aromatic N) is 3. The molecule has 1 aromatic carbocycles. The Hall–Kier alpha value is -3.20. The lowest BCUT2D eigenvalue weighted by Crippen LogP contribution is -2.43. The number of pyridine rings is 1. The van der Waals surface area contributed by atoms with E-state index in [1.807, 2.05) is 41.1 Å². The Morgan fingerprint density at radius 1 is 1.03 bits per heavy atom. The van der Waals surface area contributed by atoms with Crippen LogP contribution in [0.4, 0.5) is 5.69 Å². The van der Waals surface area contributed by atoms with E-state index in [9.17, 15) is 18.0 Å². The van der Waals surface area contributed by atoms with Crippen LogP contribution in [0.15, 0.2) is 54.9 Å². The van der Waals surface area contributed by atoms with Crippen molar-refractivity contribution in [3.8, 4) is 11.3 Å². The Balaban J connectivity index is 1.48. The van der Waals surface area contributed by atoms with Crippen molar-refractivity contribution in [1.82, 2.24) is 14.3 Å². The molecule has 0 unspecified atom stereocenters. The van der Waals surface area contributed by atoms with Crippen molar-refractivity contribution in [2.75, 3.05) is 17.0 Å². The molecule has 2 amide bonds. The minimum absolute atomic E-state index is 0.140. The molecular weight excluding hydrogens is 392 g/mol. The topological polar surface area (TPSA) is 101 Å². The lowest BCUT2D eigenvalue weighted by atomic mass is 10.1. The van der Waals surface area contributed by atoms with Crippen molar-refractivity contribution in [2.24, 2.45) is 0 Å². The van der Waals surface area contributed by atoms with Gasteiger partial charge in [-0.25, -0.2) is 13.4 Å². The van der Waals surface area contributed by atoms with Gasteiger partial charge in [-0.1, -0.05) is 18.2 Å². The normalized spacial score (nSPS) is 15.1. The number of hydrogen-bond acceptors (Lipinski definition) is 5. The largest absolute Gasteiger partial charge is 0.306 e. The highest BCUT2D eigenvalue weighted by atomic mass is 32.2. The fourth-order valence-corrected chi connectivity index (χ4v) is 4.32. The number of sulfonamides is 1. The number of nitrogens with one attached hydrogen (secondary N) is 1. The summed E-state index contributed by atoms with van der Waals surface area (Å²) in [5.74, 6) is -0.973. The average Bonchev–Trinajstić information content (AvgIpc) is 3.12. The fraction of sp³-hybridized carbons (Fsp3) is 0.250. The van der Waals surface area contributed by atoms with Crippen molar-refractivity contribution in [3.05, 3.63) is 54.9 Å². The summed E-state index contributed by atoms with van der Waals surface area (Å²) in [7, 11) is -3.73. The Labute approximate surface area is 168 Å². The van der Waals surface area contributed by atoms with Gasteiger partial charge < -0.3 is 4.40 Å². The van der Waals surface area contributed by atoms with Gasteiger partial charge in [0.2, 0.25) is 21.8 Å². The smallest absolute Gasteiger partial charge is 0.234 e. The number of piperidine rings is 1. The molecule has 1 aliphatic rings. The Bertz CT molecular complexity index is 1140. The zero-order chi connectivity index (χ0) is 20.4. The summed E-state index contributed by atoms with van der Waals surface area (Å²) in [6.45, 7) is -0.140. The van der Waals surface area contributed by atoms with Crippen LogP contribution in [0.3, 0.4) is 0 Å². The second-order valence-electron chi connectivity index (χ2n) is 6.89. The molecule has 0 atom stereocenters. The summed E-state index contributed by atoms with van der Waals surface area (Å²) in [5.41, 5.74) is 2.69. The van der Waals surface area contributed by atoms with Gasteiger partial charge in [0.1, 0.15) is 5.65 Å². The summed E-state index contributed by atoms with van der Waals surface area (Å²) < 4.78 is 29.3. The van der Waals surface area contributed by atoms with Gasteiger partial charge in [-0.2, -0.15) is 0 Å². The number of rotatable bonds is 6. The fourth-order valence-electron chi connectivity index (χ4n) is 3.31. The summed E-state index contributed by atoms with van der Waals surface area (Å²) in [5, 5.41) is 0. The third-order valence-electron chi connectivity index (χ3n) is 4.76. The molecule has 4 rings (SSSR count). The van der Waals surface area contributed by atoms with Gasteiger partial charge in [0.25, 0.3) is 0 Å². The number of anilines is 1. The van der Waals surface area contributed by atoms with Crippen molar-refractivity contribution in [1.29, 1.82) is 0 Å². The van der Waals surface area contributed by atoms with Crippen LogP contribution < -0.4 is 4.72 Å². The molecule has 1 fully saturated rings. The highest BCUT2D eigenvalue weighted by Gasteiger charge is 2.27. The zero-order valence-electron chi connectivity index (χ0n) is 15.6. The number of amides is 2. The van der Waals surface area contributed by atoms with Crippen molar-refractivity contribution >= 4 is 33.2 Å². The quantitative estimate of drug-likeness (QED) is 0.626. The van der Waals surface area contributed by atoms with Gasteiger partial charge >= 0.3 is 0 Å². The van der Waals surface area contributed by atoms with Gasteiger partial charge in [-0.15, -0.1) is 0 Å². The maximum atomic E-state index is 12.5. The van der Waals surface area contributed by atoms with E-state index in [1.165, 1.54) is 0 Å². The van der Waals surface area contributed by atoms with E-state index in [0.29, 0.717) is 12.1 Å². The second kappa shape index (κ2) is 7.67. The molecule has 0 radical (unpaired) electrons. The van der Waals surface area contributed by atoms with Crippen LogP contribution >= 0.6 is 0 Å². The SMILES string of the molecule is O=C1CCCC(=O)N1CCS(=O)(=O)Nc1cccc(-c2cn3ccccc3n2)c1. The zero-order valence-corrected chi connectivity index (χ0v) is 16.4. The van der Waals surface area contributed by atoms with Crippen LogP contribution in [0.2, 0.25) is 0 Å². The first-order valence-corrected chi connectivity index (χ1v) is 10.9.